The van der Waals surface area contributed by atoms with Gasteiger partial charge in [0.1, 0.15) is 0 Å². The monoisotopic (exact) mass is 376 g/mol. The summed E-state index contributed by atoms with van der Waals surface area (Å²) >= 11 is 1.72. The summed E-state index contributed by atoms with van der Waals surface area (Å²) in [4.78, 5) is 13.7. The van der Waals surface area contributed by atoms with Gasteiger partial charge in [0.25, 0.3) is 0 Å². The molecule has 5 rings (SSSR count). The van der Waals surface area contributed by atoms with E-state index in [1.165, 1.54) is 4.90 Å². The average Bonchev–Trinajstić information content (AvgIpc) is 3.33. The van der Waals surface area contributed by atoms with Crippen molar-refractivity contribution in [1.82, 2.24) is 20.0 Å². The van der Waals surface area contributed by atoms with Gasteiger partial charge in [-0.15, -0.1) is 11.8 Å². The molecule has 2 aromatic heterocycles. The van der Waals surface area contributed by atoms with E-state index < -0.39 is 0 Å². The van der Waals surface area contributed by atoms with Gasteiger partial charge in [-0.2, -0.15) is 10.2 Å². The van der Waals surface area contributed by atoms with Crippen LogP contribution in [0.3, 0.4) is 0 Å². The molecular formula is C20H16N4O2S. The van der Waals surface area contributed by atoms with Crippen molar-refractivity contribution in [3.05, 3.63) is 59.9 Å². The number of hydrogen-bond acceptors (Lipinski definition) is 5. The van der Waals surface area contributed by atoms with Crippen molar-refractivity contribution in [2.75, 3.05) is 6.61 Å². The maximum Gasteiger partial charge on any atom is 0.359 e. The highest BCUT2D eigenvalue weighted by Crippen LogP contribution is 2.44. The number of ether oxygens (including phenoxy) is 1. The van der Waals surface area contributed by atoms with Crippen molar-refractivity contribution in [3.63, 3.8) is 0 Å². The Morgan fingerprint density at radius 1 is 1.26 bits per heavy atom. The fraction of sp³-hybridized carbons (Fsp3) is 0.150. The smallest absolute Gasteiger partial charge is 0.359 e. The molecule has 0 saturated heterocycles. The van der Waals surface area contributed by atoms with E-state index in [0.29, 0.717) is 18.1 Å². The van der Waals surface area contributed by atoms with Crippen LogP contribution in [0.4, 0.5) is 0 Å². The van der Waals surface area contributed by atoms with Gasteiger partial charge in [0, 0.05) is 27.2 Å². The first-order valence-electron chi connectivity index (χ1n) is 8.71. The molecule has 134 valence electrons. The largest absolute Gasteiger partial charge is 0.461 e. The molecule has 0 amide bonds. The molecule has 0 radical (unpaired) electrons. The van der Waals surface area contributed by atoms with Gasteiger partial charge in [-0.1, -0.05) is 24.3 Å². The summed E-state index contributed by atoms with van der Waals surface area (Å²) in [5.74, 6) is 0.300. The van der Waals surface area contributed by atoms with E-state index in [-0.39, 0.29) is 5.97 Å². The Hall–Kier alpha value is -3.06. The maximum atomic E-state index is 12.6. The Morgan fingerprint density at radius 2 is 2.15 bits per heavy atom. The normalized spacial score (nSPS) is 12.6. The molecule has 0 aliphatic carbocycles. The van der Waals surface area contributed by atoms with Gasteiger partial charge < -0.3 is 4.74 Å². The van der Waals surface area contributed by atoms with Crippen LogP contribution in [0.5, 0.6) is 0 Å². The van der Waals surface area contributed by atoms with Crippen LogP contribution in [0, 0.1) is 0 Å². The highest BCUT2D eigenvalue weighted by atomic mass is 32.2. The molecule has 0 atom stereocenters. The fourth-order valence-corrected chi connectivity index (χ4v) is 4.55. The Labute approximate surface area is 159 Å². The molecule has 1 aliphatic heterocycles. The van der Waals surface area contributed by atoms with Gasteiger partial charge in [-0.05, 0) is 25.1 Å². The number of hydrogen-bond donors (Lipinski definition) is 1. The second-order valence-corrected chi connectivity index (χ2v) is 7.22. The highest BCUT2D eigenvalue weighted by Gasteiger charge is 2.30. The first-order chi connectivity index (χ1) is 13.3. The number of carbonyl (C=O) groups excluding carboxylic acids is 1. The molecule has 2 aromatic carbocycles. The molecular weight excluding hydrogens is 360 g/mol. The number of benzene rings is 2. The molecule has 6 nitrogen and oxygen atoms in total. The standard InChI is InChI=1S/C20H16N4O2S/c1-2-26-20(25)18-14-11-27-17-9-4-3-6-12(17)19(14)24(23-18)16-8-5-7-15-13(16)10-21-22-15/h3-10H,2,11H2,1H3,(H,21,22). The topological polar surface area (TPSA) is 72.8 Å². The molecule has 1 N–H and O–H groups in total. The molecule has 0 spiro atoms. The van der Waals surface area contributed by atoms with E-state index in [0.717, 1.165) is 33.4 Å². The zero-order chi connectivity index (χ0) is 18.4. The van der Waals surface area contributed by atoms with Crippen LogP contribution in [0.25, 0.3) is 27.8 Å². The van der Waals surface area contributed by atoms with E-state index in [1.807, 2.05) is 35.0 Å². The van der Waals surface area contributed by atoms with Crippen LogP contribution in [0.2, 0.25) is 0 Å². The number of aromatic amines is 1. The van der Waals surface area contributed by atoms with Crippen LogP contribution in [-0.4, -0.2) is 32.6 Å². The number of nitrogens with zero attached hydrogens (tertiary/aromatic N) is 3. The zero-order valence-corrected chi connectivity index (χ0v) is 15.4. The van der Waals surface area contributed by atoms with Gasteiger partial charge >= 0.3 is 5.97 Å². The highest BCUT2D eigenvalue weighted by molar-refractivity contribution is 7.98. The first kappa shape index (κ1) is 16.1. The van der Waals surface area contributed by atoms with E-state index in [9.17, 15) is 4.79 Å². The van der Waals surface area contributed by atoms with E-state index >= 15 is 0 Å². The minimum Gasteiger partial charge on any atom is -0.461 e. The number of fused-ring (bicyclic) bond motifs is 4. The minimum atomic E-state index is -0.383. The Balaban J connectivity index is 1.82. The number of thioether (sulfide) groups is 1. The van der Waals surface area contributed by atoms with Crippen LogP contribution < -0.4 is 0 Å². The number of carbonyl (C=O) groups is 1. The van der Waals surface area contributed by atoms with E-state index in [4.69, 9.17) is 9.84 Å². The summed E-state index contributed by atoms with van der Waals surface area (Å²) in [6, 6.07) is 14.1. The third-order valence-electron chi connectivity index (χ3n) is 4.66. The predicted octanol–water partition coefficient (Wildman–Crippen LogP) is 4.20. The third kappa shape index (κ3) is 2.46. The van der Waals surface area contributed by atoms with Gasteiger partial charge in [-0.25, -0.2) is 9.48 Å². The molecule has 0 unspecified atom stereocenters. The summed E-state index contributed by atoms with van der Waals surface area (Å²) in [6.07, 6.45) is 1.78. The van der Waals surface area contributed by atoms with Crippen LogP contribution >= 0.6 is 11.8 Å². The van der Waals surface area contributed by atoms with Crippen LogP contribution in [0.1, 0.15) is 23.0 Å². The number of esters is 1. The maximum absolute atomic E-state index is 12.6. The van der Waals surface area contributed by atoms with Gasteiger partial charge in [0.15, 0.2) is 5.69 Å². The summed E-state index contributed by atoms with van der Waals surface area (Å²) in [5, 5.41) is 12.8. The Kier molecular flexibility index (Phi) is 3.75. The lowest BCUT2D eigenvalue weighted by molar-refractivity contribution is 0.0518. The number of rotatable bonds is 3. The van der Waals surface area contributed by atoms with Crippen molar-refractivity contribution in [1.29, 1.82) is 0 Å². The fourth-order valence-electron chi connectivity index (χ4n) is 3.48. The second kappa shape index (κ2) is 6.28. The van der Waals surface area contributed by atoms with Crippen LogP contribution in [-0.2, 0) is 10.5 Å². The predicted molar refractivity (Wildman–Crippen MR) is 104 cm³/mol. The Morgan fingerprint density at radius 3 is 3.04 bits per heavy atom. The Bertz CT molecular complexity index is 1180. The minimum absolute atomic E-state index is 0.321. The summed E-state index contributed by atoms with van der Waals surface area (Å²) in [6.45, 7) is 2.12. The number of nitrogens with one attached hydrogen (secondary N) is 1. The van der Waals surface area contributed by atoms with Gasteiger partial charge in [-0.3, -0.25) is 5.10 Å². The first-order valence-corrected chi connectivity index (χ1v) is 9.70. The molecule has 0 fully saturated rings. The zero-order valence-electron chi connectivity index (χ0n) is 14.6. The van der Waals surface area contributed by atoms with Crippen molar-refractivity contribution in [3.8, 4) is 16.9 Å². The van der Waals surface area contributed by atoms with E-state index in [2.05, 4.69) is 22.3 Å². The number of H-pyrrole nitrogens is 1. The summed E-state index contributed by atoms with van der Waals surface area (Å²) in [5.41, 5.74) is 5.13. The SMILES string of the molecule is CCOC(=O)c1nn(-c2cccc3[nH]ncc23)c2c1CSc1ccccc1-2. The lowest BCUT2D eigenvalue weighted by Gasteiger charge is -2.18. The van der Waals surface area contributed by atoms with Crippen LogP contribution in [0.15, 0.2) is 53.6 Å². The number of aromatic nitrogens is 4. The van der Waals surface area contributed by atoms with Crippen molar-refractivity contribution in [2.45, 2.75) is 17.6 Å². The average molecular weight is 376 g/mol. The van der Waals surface area contributed by atoms with Gasteiger partial charge in [0.05, 0.1) is 29.7 Å². The van der Waals surface area contributed by atoms with Crippen molar-refractivity contribution in [2.24, 2.45) is 0 Å². The lowest BCUT2D eigenvalue weighted by atomic mass is 10.1. The molecule has 4 aromatic rings. The third-order valence-corrected chi connectivity index (χ3v) is 5.76. The van der Waals surface area contributed by atoms with Crippen molar-refractivity contribution >= 4 is 28.6 Å². The lowest BCUT2D eigenvalue weighted by Crippen LogP contribution is -2.08. The molecule has 1 aliphatic rings. The molecule has 0 bridgehead atoms. The quantitative estimate of drug-likeness (QED) is 0.543. The molecule has 0 saturated carbocycles. The van der Waals surface area contributed by atoms with E-state index in [1.54, 1.807) is 24.9 Å². The second-order valence-electron chi connectivity index (χ2n) is 6.20. The summed E-state index contributed by atoms with van der Waals surface area (Å²) < 4.78 is 7.12. The molecule has 3 heterocycles. The summed E-state index contributed by atoms with van der Waals surface area (Å²) in [7, 11) is 0. The molecule has 7 heteroatoms. The van der Waals surface area contributed by atoms with Gasteiger partial charge in [0.2, 0.25) is 0 Å². The van der Waals surface area contributed by atoms with Crippen molar-refractivity contribution < 1.29 is 9.53 Å². The molecule has 27 heavy (non-hydrogen) atoms.